The number of aliphatic hydroxyl groups is 1. The summed E-state index contributed by atoms with van der Waals surface area (Å²) in [5.41, 5.74) is -0.466. The molecule has 16 heavy (non-hydrogen) atoms. The Bertz CT molecular complexity index is 494. The summed E-state index contributed by atoms with van der Waals surface area (Å²) in [5, 5.41) is 9.53. The molecule has 6 nitrogen and oxygen atoms in total. The minimum absolute atomic E-state index is 0.302. The van der Waals surface area contributed by atoms with Crippen LogP contribution in [0.1, 0.15) is 25.1 Å². The fraction of sp³-hybridized carbons (Fsp3) is 0.600. The lowest BCUT2D eigenvalue weighted by atomic mass is 10.2. The minimum Gasteiger partial charge on any atom is -0.390 e. The summed E-state index contributed by atoms with van der Waals surface area (Å²) in [5.74, 6) is 0. The van der Waals surface area contributed by atoms with Crippen LogP contribution in [-0.4, -0.2) is 26.9 Å². The van der Waals surface area contributed by atoms with Crippen molar-refractivity contribution in [3.05, 3.63) is 32.6 Å². The molecule has 2 N–H and O–H groups in total. The van der Waals surface area contributed by atoms with Gasteiger partial charge in [0.15, 0.2) is 0 Å². The molecule has 1 aliphatic rings. The van der Waals surface area contributed by atoms with Gasteiger partial charge in [-0.1, -0.05) is 0 Å². The number of H-pyrrole nitrogens is 1. The molecule has 0 bridgehead atoms. The number of ether oxygens (including phenoxy) is 1. The van der Waals surface area contributed by atoms with Crippen molar-refractivity contribution in [2.75, 3.05) is 0 Å². The van der Waals surface area contributed by atoms with Gasteiger partial charge in [0.1, 0.15) is 6.23 Å². The van der Waals surface area contributed by atoms with E-state index in [4.69, 9.17) is 4.74 Å². The summed E-state index contributed by atoms with van der Waals surface area (Å²) in [6.07, 6.45) is 0.421. The van der Waals surface area contributed by atoms with E-state index in [0.29, 0.717) is 12.0 Å². The van der Waals surface area contributed by atoms with Crippen molar-refractivity contribution in [2.45, 2.75) is 38.7 Å². The Hall–Kier alpha value is -1.40. The molecule has 1 aromatic heterocycles. The SMILES string of the molecule is Cc1cn([C@@H]2CC(O)[C@H](C)O2)c(=O)[nH]c1=O. The van der Waals surface area contributed by atoms with Crippen LogP contribution in [0.5, 0.6) is 0 Å². The summed E-state index contributed by atoms with van der Waals surface area (Å²) in [6.45, 7) is 3.36. The van der Waals surface area contributed by atoms with E-state index in [9.17, 15) is 14.7 Å². The van der Waals surface area contributed by atoms with Gasteiger partial charge in [0.2, 0.25) is 0 Å². The van der Waals surface area contributed by atoms with E-state index >= 15 is 0 Å². The molecule has 1 saturated heterocycles. The number of nitrogens with one attached hydrogen (secondary N) is 1. The number of aryl methyl sites for hydroxylation is 1. The number of rotatable bonds is 1. The highest BCUT2D eigenvalue weighted by Crippen LogP contribution is 2.26. The third-order valence-corrected chi connectivity index (χ3v) is 2.81. The lowest BCUT2D eigenvalue weighted by molar-refractivity contribution is -0.0102. The molecular weight excluding hydrogens is 212 g/mol. The molecular formula is C10H14N2O4. The van der Waals surface area contributed by atoms with Gasteiger partial charge in [0.25, 0.3) is 5.56 Å². The zero-order chi connectivity index (χ0) is 11.9. The molecule has 0 amide bonds. The molecule has 0 radical (unpaired) electrons. The van der Waals surface area contributed by atoms with Gasteiger partial charge >= 0.3 is 5.69 Å². The number of hydrogen-bond acceptors (Lipinski definition) is 4. The number of nitrogens with zero attached hydrogens (tertiary/aromatic N) is 1. The second-order valence-electron chi connectivity index (χ2n) is 4.08. The first-order valence-electron chi connectivity index (χ1n) is 5.14. The second-order valence-corrected chi connectivity index (χ2v) is 4.08. The fourth-order valence-electron chi connectivity index (χ4n) is 1.77. The maximum atomic E-state index is 11.5. The molecule has 1 aliphatic heterocycles. The van der Waals surface area contributed by atoms with Crippen LogP contribution in [0.4, 0.5) is 0 Å². The first kappa shape index (κ1) is 11.1. The van der Waals surface area contributed by atoms with Crippen LogP contribution in [0.25, 0.3) is 0 Å². The van der Waals surface area contributed by atoms with Crippen LogP contribution >= 0.6 is 0 Å². The van der Waals surface area contributed by atoms with Gasteiger partial charge in [-0.15, -0.1) is 0 Å². The lowest BCUT2D eigenvalue weighted by Crippen LogP contribution is -2.33. The first-order chi connectivity index (χ1) is 7.49. The van der Waals surface area contributed by atoms with Crippen molar-refractivity contribution in [3.63, 3.8) is 0 Å². The molecule has 88 valence electrons. The molecule has 1 aromatic rings. The van der Waals surface area contributed by atoms with Gasteiger partial charge in [0.05, 0.1) is 12.2 Å². The second kappa shape index (κ2) is 3.88. The van der Waals surface area contributed by atoms with E-state index in [1.54, 1.807) is 13.8 Å². The van der Waals surface area contributed by atoms with Gasteiger partial charge in [-0.3, -0.25) is 14.3 Å². The minimum atomic E-state index is -0.580. The zero-order valence-corrected chi connectivity index (χ0v) is 9.14. The molecule has 0 saturated carbocycles. The van der Waals surface area contributed by atoms with Crippen molar-refractivity contribution >= 4 is 0 Å². The molecule has 0 spiro atoms. The third-order valence-electron chi connectivity index (χ3n) is 2.81. The van der Waals surface area contributed by atoms with Crippen LogP contribution in [0, 0.1) is 6.92 Å². The Balaban J connectivity index is 2.39. The quantitative estimate of drug-likeness (QED) is 0.677. The Kier molecular flexibility index (Phi) is 2.69. The number of aromatic amines is 1. The monoisotopic (exact) mass is 226 g/mol. The molecule has 3 atom stereocenters. The predicted octanol–water partition coefficient (Wildman–Crippen LogP) is -0.487. The van der Waals surface area contributed by atoms with Crippen LogP contribution in [-0.2, 0) is 4.74 Å². The molecule has 2 heterocycles. The summed E-state index contributed by atoms with van der Waals surface area (Å²) in [7, 11) is 0. The van der Waals surface area contributed by atoms with E-state index < -0.39 is 23.6 Å². The largest absolute Gasteiger partial charge is 0.390 e. The van der Waals surface area contributed by atoms with E-state index in [-0.39, 0.29) is 6.10 Å². The summed E-state index contributed by atoms with van der Waals surface area (Å²) >= 11 is 0. The van der Waals surface area contributed by atoms with Gasteiger partial charge in [-0.05, 0) is 13.8 Å². The maximum Gasteiger partial charge on any atom is 0.330 e. The third kappa shape index (κ3) is 1.81. The zero-order valence-electron chi connectivity index (χ0n) is 9.14. The highest BCUT2D eigenvalue weighted by molar-refractivity contribution is 5.01. The van der Waals surface area contributed by atoms with Crippen LogP contribution in [0.15, 0.2) is 15.8 Å². The number of hydrogen-bond donors (Lipinski definition) is 2. The highest BCUT2D eigenvalue weighted by Gasteiger charge is 2.32. The maximum absolute atomic E-state index is 11.5. The van der Waals surface area contributed by atoms with Gasteiger partial charge in [0, 0.05) is 18.2 Å². The van der Waals surface area contributed by atoms with Crippen LogP contribution < -0.4 is 11.2 Å². The van der Waals surface area contributed by atoms with Crippen molar-refractivity contribution < 1.29 is 9.84 Å². The Morgan fingerprint density at radius 1 is 1.56 bits per heavy atom. The van der Waals surface area contributed by atoms with E-state index in [2.05, 4.69) is 4.98 Å². The van der Waals surface area contributed by atoms with Crippen molar-refractivity contribution in [3.8, 4) is 0 Å². The van der Waals surface area contributed by atoms with Gasteiger partial charge in [-0.25, -0.2) is 4.79 Å². The van der Waals surface area contributed by atoms with E-state index in [1.165, 1.54) is 10.8 Å². The molecule has 2 rings (SSSR count). The standard InChI is InChI=1S/C10H14N2O4/c1-5-4-12(10(15)11-9(5)14)8-3-7(13)6(2)16-8/h4,6-8,13H,3H2,1-2H3,(H,11,14,15)/t6-,7?,8-/m0/s1. The molecule has 1 unspecified atom stereocenters. The Morgan fingerprint density at radius 2 is 2.25 bits per heavy atom. The Labute approximate surface area is 91.5 Å². The number of aliphatic hydroxyl groups excluding tert-OH is 1. The van der Waals surface area contributed by atoms with Crippen LogP contribution in [0.2, 0.25) is 0 Å². The normalized spacial score (nSPS) is 29.6. The van der Waals surface area contributed by atoms with E-state index in [0.717, 1.165) is 0 Å². The highest BCUT2D eigenvalue weighted by atomic mass is 16.5. The lowest BCUT2D eigenvalue weighted by Gasteiger charge is -2.13. The number of aromatic nitrogens is 2. The van der Waals surface area contributed by atoms with Crippen molar-refractivity contribution in [1.82, 2.24) is 9.55 Å². The predicted molar refractivity (Wildman–Crippen MR) is 56.3 cm³/mol. The summed E-state index contributed by atoms with van der Waals surface area (Å²) < 4.78 is 6.74. The Morgan fingerprint density at radius 3 is 2.81 bits per heavy atom. The smallest absolute Gasteiger partial charge is 0.330 e. The average molecular weight is 226 g/mol. The first-order valence-corrected chi connectivity index (χ1v) is 5.14. The molecule has 0 aliphatic carbocycles. The summed E-state index contributed by atoms with van der Waals surface area (Å²) in [4.78, 5) is 24.9. The van der Waals surface area contributed by atoms with Gasteiger partial charge < -0.3 is 9.84 Å². The van der Waals surface area contributed by atoms with E-state index in [1.807, 2.05) is 0 Å². The molecule has 6 heteroatoms. The topological polar surface area (TPSA) is 84.3 Å². The molecule has 0 aromatic carbocycles. The average Bonchev–Trinajstić information content (AvgIpc) is 2.53. The fourth-order valence-corrected chi connectivity index (χ4v) is 1.77. The van der Waals surface area contributed by atoms with Gasteiger partial charge in [-0.2, -0.15) is 0 Å². The van der Waals surface area contributed by atoms with Crippen molar-refractivity contribution in [1.29, 1.82) is 0 Å². The summed E-state index contributed by atoms with van der Waals surface area (Å²) in [6, 6.07) is 0. The molecule has 1 fully saturated rings. The van der Waals surface area contributed by atoms with Crippen LogP contribution in [0.3, 0.4) is 0 Å². The van der Waals surface area contributed by atoms with Crippen molar-refractivity contribution in [2.24, 2.45) is 0 Å².